The van der Waals surface area contributed by atoms with Gasteiger partial charge in [0.25, 0.3) is 0 Å². The molecule has 3 aromatic rings. The van der Waals surface area contributed by atoms with Gasteiger partial charge in [-0.1, -0.05) is 41.6 Å². The number of nitrogens with one attached hydrogen (secondary N) is 2. The minimum atomic E-state index is -0.866. The minimum absolute atomic E-state index is 0.294. The maximum Gasteiger partial charge on any atom is 0.411 e. The summed E-state index contributed by atoms with van der Waals surface area (Å²) in [7, 11) is 1.81. The predicted molar refractivity (Wildman–Crippen MR) is 127 cm³/mol. The fourth-order valence-corrected chi connectivity index (χ4v) is 3.40. The Bertz CT molecular complexity index is 1190. The van der Waals surface area contributed by atoms with E-state index in [1.54, 1.807) is 30.2 Å². The molecule has 0 bridgehead atoms. The molecule has 0 saturated carbocycles. The molecule has 1 atom stereocenters. The van der Waals surface area contributed by atoms with Crippen LogP contribution in [0.15, 0.2) is 70.3 Å². The average Bonchev–Trinajstić information content (AvgIpc) is 3.30. The standard InChI is InChI=1S/C24H26N6O4/c1-3-33-24(32)26-19-6-4-5-16(13-19)15-30-22(31)12-11-20(28-30)17-7-9-18(10-8-17)23-27-21(14-25-2)34-29-23/h4-13,22,25,31H,3,14-15H2,1-2H3,(H,26,32). The third-order valence-corrected chi connectivity index (χ3v) is 5.00. The highest BCUT2D eigenvalue weighted by Gasteiger charge is 2.18. The van der Waals surface area contributed by atoms with Gasteiger partial charge in [0.15, 0.2) is 6.23 Å². The van der Waals surface area contributed by atoms with E-state index < -0.39 is 12.3 Å². The topological polar surface area (TPSA) is 125 Å². The van der Waals surface area contributed by atoms with Crippen LogP contribution in [0.2, 0.25) is 0 Å². The van der Waals surface area contributed by atoms with Crippen molar-refractivity contribution in [3.05, 3.63) is 77.7 Å². The first kappa shape index (κ1) is 23.1. The summed E-state index contributed by atoms with van der Waals surface area (Å²) in [5, 5.41) is 26.3. The maximum absolute atomic E-state index is 11.7. The highest BCUT2D eigenvalue weighted by Crippen LogP contribution is 2.21. The van der Waals surface area contributed by atoms with Gasteiger partial charge < -0.3 is 19.7 Å². The van der Waals surface area contributed by atoms with Gasteiger partial charge in [-0.05, 0) is 43.8 Å². The minimum Gasteiger partial charge on any atom is -0.450 e. The Morgan fingerprint density at radius 3 is 2.76 bits per heavy atom. The number of benzene rings is 2. The van der Waals surface area contributed by atoms with Crippen molar-refractivity contribution in [2.24, 2.45) is 5.10 Å². The van der Waals surface area contributed by atoms with E-state index in [2.05, 4.69) is 25.9 Å². The molecule has 34 heavy (non-hydrogen) atoms. The highest BCUT2D eigenvalue weighted by molar-refractivity contribution is 6.09. The largest absolute Gasteiger partial charge is 0.450 e. The van der Waals surface area contributed by atoms with Gasteiger partial charge in [-0.15, -0.1) is 0 Å². The number of nitrogens with zero attached hydrogens (tertiary/aromatic N) is 4. The van der Waals surface area contributed by atoms with Crippen molar-refractivity contribution >= 4 is 17.5 Å². The second-order valence-corrected chi connectivity index (χ2v) is 7.52. The molecule has 4 rings (SSSR count). The molecule has 10 heteroatoms. The van der Waals surface area contributed by atoms with E-state index in [9.17, 15) is 9.90 Å². The van der Waals surface area contributed by atoms with E-state index >= 15 is 0 Å². The van der Waals surface area contributed by atoms with Gasteiger partial charge in [-0.25, -0.2) is 4.79 Å². The van der Waals surface area contributed by atoms with Crippen molar-refractivity contribution in [2.75, 3.05) is 19.0 Å². The Balaban J connectivity index is 1.47. The van der Waals surface area contributed by atoms with Crippen LogP contribution in [0.25, 0.3) is 11.4 Å². The number of allylic oxidation sites excluding steroid dienone is 1. The van der Waals surface area contributed by atoms with Gasteiger partial charge in [-0.2, -0.15) is 10.1 Å². The van der Waals surface area contributed by atoms with Crippen LogP contribution < -0.4 is 10.6 Å². The van der Waals surface area contributed by atoms with E-state index in [1.165, 1.54) is 0 Å². The van der Waals surface area contributed by atoms with Gasteiger partial charge in [0.2, 0.25) is 11.7 Å². The monoisotopic (exact) mass is 462 g/mol. The highest BCUT2D eigenvalue weighted by atomic mass is 16.5. The lowest BCUT2D eigenvalue weighted by molar-refractivity contribution is 0.0358. The number of hydrazone groups is 1. The van der Waals surface area contributed by atoms with Crippen LogP contribution >= 0.6 is 0 Å². The van der Waals surface area contributed by atoms with Crippen molar-refractivity contribution in [2.45, 2.75) is 26.2 Å². The summed E-state index contributed by atoms with van der Waals surface area (Å²) in [5.41, 5.74) is 3.90. The molecule has 1 amide bonds. The zero-order valence-electron chi connectivity index (χ0n) is 18.9. The van der Waals surface area contributed by atoms with Crippen LogP contribution in [0.5, 0.6) is 0 Å². The number of aliphatic hydroxyl groups excluding tert-OH is 1. The number of hydrogen-bond donors (Lipinski definition) is 3. The fraction of sp³-hybridized carbons (Fsp3) is 0.250. The summed E-state index contributed by atoms with van der Waals surface area (Å²) in [4.78, 5) is 16.0. The number of carbonyl (C=O) groups is 1. The molecule has 2 heterocycles. The molecule has 176 valence electrons. The molecule has 2 aromatic carbocycles. The first-order chi connectivity index (χ1) is 16.6. The Labute approximate surface area is 196 Å². The van der Waals surface area contributed by atoms with Crippen LogP contribution in [-0.4, -0.2) is 51.9 Å². The smallest absolute Gasteiger partial charge is 0.411 e. The summed E-state index contributed by atoms with van der Waals surface area (Å²) >= 11 is 0. The number of hydrogen-bond acceptors (Lipinski definition) is 9. The molecule has 10 nitrogen and oxygen atoms in total. The van der Waals surface area contributed by atoms with E-state index in [-0.39, 0.29) is 0 Å². The van der Waals surface area contributed by atoms with Gasteiger partial charge in [0.1, 0.15) is 0 Å². The first-order valence-corrected chi connectivity index (χ1v) is 10.9. The second-order valence-electron chi connectivity index (χ2n) is 7.52. The number of ether oxygens (including phenoxy) is 1. The first-order valence-electron chi connectivity index (χ1n) is 10.9. The summed E-state index contributed by atoms with van der Waals surface area (Å²) in [6.07, 6.45) is 2.09. The molecule has 1 aliphatic rings. The van der Waals surface area contributed by atoms with Crippen molar-refractivity contribution in [1.29, 1.82) is 0 Å². The Kier molecular flexibility index (Phi) is 7.31. The van der Waals surface area contributed by atoms with Crippen LogP contribution in [0.4, 0.5) is 10.5 Å². The van der Waals surface area contributed by atoms with Crippen molar-refractivity contribution in [1.82, 2.24) is 20.5 Å². The third kappa shape index (κ3) is 5.66. The lowest BCUT2D eigenvalue weighted by Crippen LogP contribution is -2.32. The Morgan fingerprint density at radius 1 is 1.21 bits per heavy atom. The number of carbonyl (C=O) groups excluding carboxylic acids is 1. The predicted octanol–water partition coefficient (Wildman–Crippen LogP) is 3.12. The maximum atomic E-state index is 11.7. The summed E-state index contributed by atoms with van der Waals surface area (Å²) in [6, 6.07) is 15.0. The quantitative estimate of drug-likeness (QED) is 0.466. The van der Waals surface area contributed by atoms with Crippen LogP contribution in [0.1, 0.15) is 23.9 Å². The molecule has 0 saturated heterocycles. The van der Waals surface area contributed by atoms with Crippen LogP contribution in [0.3, 0.4) is 0 Å². The number of amides is 1. The average molecular weight is 463 g/mol. The number of aliphatic hydroxyl groups is 1. The SMILES string of the molecule is CCOC(=O)Nc1cccc(CN2N=C(c3ccc(-c4noc(CNC)n4)cc3)C=CC2O)c1. The van der Waals surface area contributed by atoms with Gasteiger partial charge in [-0.3, -0.25) is 10.3 Å². The van der Waals surface area contributed by atoms with Gasteiger partial charge >= 0.3 is 6.09 Å². The molecule has 3 N–H and O–H groups in total. The molecule has 1 aromatic heterocycles. The van der Waals surface area contributed by atoms with Gasteiger partial charge in [0, 0.05) is 16.8 Å². The molecule has 0 aliphatic carbocycles. The fourth-order valence-electron chi connectivity index (χ4n) is 3.40. The number of rotatable bonds is 8. The molecule has 1 unspecified atom stereocenters. The third-order valence-electron chi connectivity index (χ3n) is 5.00. The number of aromatic nitrogens is 2. The summed E-state index contributed by atoms with van der Waals surface area (Å²) in [5.74, 6) is 1.04. The van der Waals surface area contributed by atoms with Crippen LogP contribution in [-0.2, 0) is 17.8 Å². The van der Waals surface area contributed by atoms with E-state index in [0.29, 0.717) is 42.8 Å². The Hall–Kier alpha value is -4.02. The van der Waals surface area contributed by atoms with E-state index in [0.717, 1.165) is 16.7 Å². The number of anilines is 1. The van der Waals surface area contributed by atoms with E-state index in [4.69, 9.17) is 9.26 Å². The molecular formula is C24H26N6O4. The van der Waals surface area contributed by atoms with E-state index in [1.807, 2.05) is 49.5 Å². The van der Waals surface area contributed by atoms with Crippen molar-refractivity contribution < 1.29 is 19.2 Å². The van der Waals surface area contributed by atoms with Crippen molar-refractivity contribution in [3.8, 4) is 11.4 Å². The van der Waals surface area contributed by atoms with Gasteiger partial charge in [0.05, 0.1) is 25.4 Å². The normalized spacial score (nSPS) is 15.2. The molecule has 0 fully saturated rings. The zero-order chi connectivity index (χ0) is 23.9. The summed E-state index contributed by atoms with van der Waals surface area (Å²) < 4.78 is 10.1. The Morgan fingerprint density at radius 2 is 2.00 bits per heavy atom. The lowest BCUT2D eigenvalue weighted by Gasteiger charge is -2.27. The van der Waals surface area contributed by atoms with Crippen LogP contribution in [0, 0.1) is 0 Å². The second kappa shape index (κ2) is 10.7. The lowest BCUT2D eigenvalue weighted by atomic mass is 10.1. The summed E-state index contributed by atoms with van der Waals surface area (Å²) in [6.45, 7) is 2.90. The molecule has 0 radical (unpaired) electrons. The molecule has 0 spiro atoms. The zero-order valence-corrected chi connectivity index (χ0v) is 18.9. The molecule has 1 aliphatic heterocycles. The molecular weight excluding hydrogens is 436 g/mol. The van der Waals surface area contributed by atoms with Crippen molar-refractivity contribution in [3.63, 3.8) is 0 Å².